The number of rotatable bonds is 1. The van der Waals surface area contributed by atoms with E-state index in [-0.39, 0.29) is 0 Å². The third-order valence-electron chi connectivity index (χ3n) is 2.71. The van der Waals surface area contributed by atoms with Crippen molar-refractivity contribution in [2.45, 2.75) is 13.8 Å². The molecule has 2 rings (SSSR count). The van der Waals surface area contributed by atoms with E-state index in [9.17, 15) is 5.11 Å². The second kappa shape index (κ2) is 3.77. The Kier molecular flexibility index (Phi) is 2.46. The number of hydrogen-bond acceptors (Lipinski definition) is 1. The third-order valence-corrected chi connectivity index (χ3v) is 2.71. The fraction of sp³-hybridized carbons (Fsp3) is 0.143. The molecule has 0 bridgehead atoms. The molecule has 0 saturated carbocycles. The number of phenols is 1. The number of hydrogen-bond donors (Lipinski definition) is 1. The molecule has 0 saturated heterocycles. The molecule has 0 atom stereocenters. The first-order valence-electron chi connectivity index (χ1n) is 5.04. The molecule has 0 unspecified atom stereocenters. The van der Waals surface area contributed by atoms with Crippen molar-refractivity contribution in [1.82, 2.24) is 0 Å². The van der Waals surface area contributed by atoms with E-state index in [2.05, 4.69) is 19.1 Å². The Balaban J connectivity index is 2.68. The summed E-state index contributed by atoms with van der Waals surface area (Å²) in [6, 6.07) is 13.8. The van der Waals surface area contributed by atoms with Gasteiger partial charge >= 0.3 is 0 Å². The molecule has 1 N–H and O–H groups in total. The van der Waals surface area contributed by atoms with E-state index in [4.69, 9.17) is 0 Å². The molecule has 76 valence electrons. The van der Waals surface area contributed by atoms with Gasteiger partial charge in [0.2, 0.25) is 0 Å². The molecule has 0 aliphatic rings. The lowest BCUT2D eigenvalue weighted by atomic mass is 9.95. The summed E-state index contributed by atoms with van der Waals surface area (Å²) < 4.78 is 0. The van der Waals surface area contributed by atoms with Crippen molar-refractivity contribution in [3.63, 3.8) is 0 Å². The zero-order valence-electron chi connectivity index (χ0n) is 8.99. The number of phenolic OH excluding ortho intramolecular Hbond substituents is 1. The molecule has 0 heterocycles. The van der Waals surface area contributed by atoms with Gasteiger partial charge in [0.1, 0.15) is 5.75 Å². The molecule has 0 aliphatic heterocycles. The van der Waals surface area contributed by atoms with Crippen LogP contribution in [0.4, 0.5) is 0 Å². The van der Waals surface area contributed by atoms with Gasteiger partial charge in [-0.15, -0.1) is 0 Å². The first-order valence-corrected chi connectivity index (χ1v) is 5.04. The van der Waals surface area contributed by atoms with Crippen LogP contribution in [0, 0.1) is 13.8 Å². The highest BCUT2D eigenvalue weighted by atomic mass is 16.3. The van der Waals surface area contributed by atoms with Gasteiger partial charge in [0.25, 0.3) is 0 Å². The van der Waals surface area contributed by atoms with Crippen LogP contribution in [0.5, 0.6) is 5.75 Å². The smallest absolute Gasteiger partial charge is 0.119 e. The quantitative estimate of drug-likeness (QED) is 0.741. The summed E-state index contributed by atoms with van der Waals surface area (Å²) in [5, 5.41) is 9.69. The second-order valence-electron chi connectivity index (χ2n) is 3.77. The van der Waals surface area contributed by atoms with Crippen LogP contribution in [0.3, 0.4) is 0 Å². The van der Waals surface area contributed by atoms with Crippen molar-refractivity contribution in [3.05, 3.63) is 53.6 Å². The molecule has 15 heavy (non-hydrogen) atoms. The average molecular weight is 198 g/mol. The second-order valence-corrected chi connectivity index (χ2v) is 3.77. The topological polar surface area (TPSA) is 20.2 Å². The highest BCUT2D eigenvalue weighted by Crippen LogP contribution is 2.31. The third kappa shape index (κ3) is 1.73. The molecule has 1 heteroatoms. The Morgan fingerprint density at radius 2 is 1.53 bits per heavy atom. The molecule has 0 spiro atoms. The summed E-state index contributed by atoms with van der Waals surface area (Å²) in [7, 11) is 0. The fourth-order valence-electron chi connectivity index (χ4n) is 1.89. The summed E-state index contributed by atoms with van der Waals surface area (Å²) in [5.41, 5.74) is 4.43. The van der Waals surface area contributed by atoms with Gasteiger partial charge < -0.3 is 5.11 Å². The van der Waals surface area contributed by atoms with E-state index < -0.39 is 0 Å². The molecule has 0 amide bonds. The van der Waals surface area contributed by atoms with E-state index in [1.54, 1.807) is 6.07 Å². The van der Waals surface area contributed by atoms with Crippen LogP contribution in [0.1, 0.15) is 11.1 Å². The number of aromatic hydroxyl groups is 1. The van der Waals surface area contributed by atoms with E-state index in [1.807, 2.05) is 31.2 Å². The first-order chi connectivity index (χ1) is 7.20. The van der Waals surface area contributed by atoms with Crippen LogP contribution in [0.15, 0.2) is 42.5 Å². The lowest BCUT2D eigenvalue weighted by molar-refractivity contribution is 0.471. The Bertz CT molecular complexity index is 472. The predicted molar refractivity (Wildman–Crippen MR) is 63.0 cm³/mol. The van der Waals surface area contributed by atoms with Crippen molar-refractivity contribution < 1.29 is 5.11 Å². The molecule has 2 aromatic carbocycles. The van der Waals surface area contributed by atoms with Gasteiger partial charge in [-0.3, -0.25) is 0 Å². The molecule has 0 aromatic heterocycles. The Morgan fingerprint density at radius 3 is 2.20 bits per heavy atom. The molecule has 0 radical (unpaired) electrons. The lowest BCUT2D eigenvalue weighted by Crippen LogP contribution is -1.88. The Hall–Kier alpha value is -1.76. The maximum absolute atomic E-state index is 9.69. The van der Waals surface area contributed by atoms with Crippen molar-refractivity contribution in [2.24, 2.45) is 0 Å². The van der Waals surface area contributed by atoms with Gasteiger partial charge in [-0.25, -0.2) is 0 Å². The standard InChI is InChI=1S/C14H14O/c1-10-8-9-13(15)11(2)14(10)12-6-4-3-5-7-12/h3-9,15H,1-2H3. The molecular formula is C14H14O. The minimum Gasteiger partial charge on any atom is -0.508 e. The molecule has 0 fully saturated rings. The predicted octanol–water partition coefficient (Wildman–Crippen LogP) is 3.68. The van der Waals surface area contributed by atoms with Gasteiger partial charge in [-0.1, -0.05) is 36.4 Å². The van der Waals surface area contributed by atoms with E-state index in [1.165, 1.54) is 5.56 Å². The van der Waals surface area contributed by atoms with Crippen LogP contribution in [0.25, 0.3) is 11.1 Å². The molecule has 0 aliphatic carbocycles. The molecule has 2 aromatic rings. The van der Waals surface area contributed by atoms with E-state index in [0.29, 0.717) is 5.75 Å². The number of benzene rings is 2. The maximum atomic E-state index is 9.69. The largest absolute Gasteiger partial charge is 0.508 e. The zero-order valence-corrected chi connectivity index (χ0v) is 8.99. The SMILES string of the molecule is Cc1ccc(O)c(C)c1-c1ccccc1. The van der Waals surface area contributed by atoms with Crippen molar-refractivity contribution in [1.29, 1.82) is 0 Å². The zero-order chi connectivity index (χ0) is 10.8. The minimum absolute atomic E-state index is 0.361. The summed E-state index contributed by atoms with van der Waals surface area (Å²) in [5.74, 6) is 0.361. The Labute approximate surface area is 90.0 Å². The van der Waals surface area contributed by atoms with Crippen LogP contribution >= 0.6 is 0 Å². The van der Waals surface area contributed by atoms with Crippen molar-refractivity contribution in [3.8, 4) is 16.9 Å². The Morgan fingerprint density at radius 1 is 0.867 bits per heavy atom. The highest BCUT2D eigenvalue weighted by Gasteiger charge is 2.07. The van der Waals surface area contributed by atoms with Crippen LogP contribution in [0.2, 0.25) is 0 Å². The van der Waals surface area contributed by atoms with Gasteiger partial charge in [-0.05, 0) is 42.2 Å². The number of aryl methyl sites for hydroxylation is 1. The van der Waals surface area contributed by atoms with E-state index in [0.717, 1.165) is 16.7 Å². The fourth-order valence-corrected chi connectivity index (χ4v) is 1.89. The molecular weight excluding hydrogens is 184 g/mol. The van der Waals surface area contributed by atoms with Crippen LogP contribution < -0.4 is 0 Å². The monoisotopic (exact) mass is 198 g/mol. The van der Waals surface area contributed by atoms with Gasteiger partial charge in [0, 0.05) is 0 Å². The summed E-state index contributed by atoms with van der Waals surface area (Å²) in [6.45, 7) is 4.01. The summed E-state index contributed by atoms with van der Waals surface area (Å²) in [6.07, 6.45) is 0. The van der Waals surface area contributed by atoms with Gasteiger partial charge in [0.15, 0.2) is 0 Å². The van der Waals surface area contributed by atoms with Gasteiger partial charge in [0.05, 0.1) is 0 Å². The van der Waals surface area contributed by atoms with Crippen LogP contribution in [-0.4, -0.2) is 5.11 Å². The van der Waals surface area contributed by atoms with Gasteiger partial charge in [-0.2, -0.15) is 0 Å². The minimum atomic E-state index is 0.361. The first kappa shape index (κ1) is 9.78. The maximum Gasteiger partial charge on any atom is 0.119 e. The van der Waals surface area contributed by atoms with Crippen LogP contribution in [-0.2, 0) is 0 Å². The summed E-state index contributed by atoms with van der Waals surface area (Å²) in [4.78, 5) is 0. The lowest BCUT2D eigenvalue weighted by Gasteiger charge is -2.11. The van der Waals surface area contributed by atoms with Crippen molar-refractivity contribution >= 4 is 0 Å². The average Bonchev–Trinajstić information content (AvgIpc) is 2.26. The van der Waals surface area contributed by atoms with Crippen molar-refractivity contribution in [2.75, 3.05) is 0 Å². The normalized spacial score (nSPS) is 10.3. The highest BCUT2D eigenvalue weighted by molar-refractivity contribution is 5.72. The molecule has 1 nitrogen and oxygen atoms in total. The van der Waals surface area contributed by atoms with E-state index >= 15 is 0 Å². The summed E-state index contributed by atoms with van der Waals surface area (Å²) >= 11 is 0.